The van der Waals surface area contributed by atoms with Gasteiger partial charge in [-0.2, -0.15) is 0 Å². The average molecular weight is 324 g/mol. The van der Waals surface area contributed by atoms with E-state index in [2.05, 4.69) is 33.4 Å². The van der Waals surface area contributed by atoms with Crippen LogP contribution in [0, 0.1) is 5.82 Å². The summed E-state index contributed by atoms with van der Waals surface area (Å²) in [7, 11) is 1.91. The zero-order valence-electron chi connectivity index (χ0n) is 10.6. The zero-order valence-corrected chi connectivity index (χ0v) is 12.2. The maximum absolute atomic E-state index is 13.2. The first kappa shape index (κ1) is 14.0. The number of halogens is 2. The quantitative estimate of drug-likeness (QED) is 0.901. The Kier molecular flexibility index (Phi) is 4.93. The lowest BCUT2D eigenvalue weighted by atomic mass is 10.1. The fraction of sp³-hybridized carbons (Fsp3) is 0.200. The molecule has 0 spiro atoms. The number of rotatable bonds is 5. The molecule has 0 unspecified atom stereocenters. The number of hydrogen-bond acceptors (Lipinski definition) is 2. The Morgan fingerprint density at radius 1 is 1.16 bits per heavy atom. The normalized spacial score (nSPS) is 10.5. The SMILES string of the molecule is CNCc1cccc(COc2cc(F)cc(Br)c2)c1. The Morgan fingerprint density at radius 3 is 2.68 bits per heavy atom. The van der Waals surface area contributed by atoms with Crippen molar-refractivity contribution in [3.8, 4) is 5.75 Å². The summed E-state index contributed by atoms with van der Waals surface area (Å²) in [6.45, 7) is 1.24. The fourth-order valence-electron chi connectivity index (χ4n) is 1.81. The van der Waals surface area contributed by atoms with Crippen molar-refractivity contribution in [3.05, 3.63) is 63.9 Å². The van der Waals surface area contributed by atoms with Crippen molar-refractivity contribution in [1.82, 2.24) is 5.32 Å². The topological polar surface area (TPSA) is 21.3 Å². The van der Waals surface area contributed by atoms with Crippen LogP contribution < -0.4 is 10.1 Å². The molecule has 0 saturated heterocycles. The highest BCUT2D eigenvalue weighted by atomic mass is 79.9. The first-order chi connectivity index (χ1) is 9.17. The zero-order chi connectivity index (χ0) is 13.7. The van der Waals surface area contributed by atoms with E-state index >= 15 is 0 Å². The molecule has 0 bridgehead atoms. The van der Waals surface area contributed by atoms with Crippen LogP contribution in [0.1, 0.15) is 11.1 Å². The van der Waals surface area contributed by atoms with E-state index in [-0.39, 0.29) is 5.82 Å². The lowest BCUT2D eigenvalue weighted by molar-refractivity contribution is 0.304. The highest BCUT2D eigenvalue weighted by Crippen LogP contribution is 2.21. The summed E-state index contributed by atoms with van der Waals surface area (Å²) in [5.74, 6) is 0.208. The van der Waals surface area contributed by atoms with Crippen LogP contribution in [0.4, 0.5) is 4.39 Å². The van der Waals surface area contributed by atoms with Crippen molar-refractivity contribution in [3.63, 3.8) is 0 Å². The second-order valence-electron chi connectivity index (χ2n) is 4.24. The third-order valence-corrected chi connectivity index (χ3v) is 3.07. The minimum absolute atomic E-state index is 0.312. The van der Waals surface area contributed by atoms with Gasteiger partial charge in [0.15, 0.2) is 0 Å². The van der Waals surface area contributed by atoms with Gasteiger partial charge >= 0.3 is 0 Å². The van der Waals surface area contributed by atoms with Crippen LogP contribution in [0.3, 0.4) is 0 Å². The molecule has 0 aliphatic carbocycles. The van der Waals surface area contributed by atoms with Crippen LogP contribution in [0.5, 0.6) is 5.75 Å². The maximum Gasteiger partial charge on any atom is 0.128 e. The summed E-state index contributed by atoms with van der Waals surface area (Å²) < 4.78 is 19.5. The summed E-state index contributed by atoms with van der Waals surface area (Å²) in [5.41, 5.74) is 2.26. The molecule has 0 aliphatic heterocycles. The van der Waals surface area contributed by atoms with Crippen LogP contribution in [-0.4, -0.2) is 7.05 Å². The van der Waals surface area contributed by atoms with Gasteiger partial charge in [0.1, 0.15) is 18.2 Å². The molecule has 0 saturated carbocycles. The molecule has 19 heavy (non-hydrogen) atoms. The number of ether oxygens (including phenoxy) is 1. The summed E-state index contributed by atoms with van der Waals surface area (Å²) in [6.07, 6.45) is 0. The molecule has 4 heteroatoms. The van der Waals surface area contributed by atoms with Crippen molar-refractivity contribution >= 4 is 15.9 Å². The van der Waals surface area contributed by atoms with Gasteiger partial charge in [-0.25, -0.2) is 4.39 Å². The predicted molar refractivity (Wildman–Crippen MR) is 77.6 cm³/mol. The molecule has 2 aromatic rings. The second-order valence-corrected chi connectivity index (χ2v) is 5.16. The van der Waals surface area contributed by atoms with Crippen molar-refractivity contribution in [2.24, 2.45) is 0 Å². The lowest BCUT2D eigenvalue weighted by Crippen LogP contribution is -2.05. The van der Waals surface area contributed by atoms with E-state index in [1.165, 1.54) is 17.7 Å². The Labute approximate surface area is 120 Å². The monoisotopic (exact) mass is 323 g/mol. The van der Waals surface area contributed by atoms with E-state index in [0.29, 0.717) is 16.8 Å². The average Bonchev–Trinajstić information content (AvgIpc) is 2.36. The number of nitrogens with one attached hydrogen (secondary N) is 1. The molecule has 0 radical (unpaired) electrons. The standard InChI is InChI=1S/C15H15BrFNO/c1-18-9-11-3-2-4-12(5-11)10-19-15-7-13(16)6-14(17)8-15/h2-8,18H,9-10H2,1H3. The Hall–Kier alpha value is -1.39. The smallest absolute Gasteiger partial charge is 0.128 e. The van der Waals surface area contributed by atoms with Crippen LogP contribution in [0.2, 0.25) is 0 Å². The Bertz CT molecular complexity index is 539. The lowest BCUT2D eigenvalue weighted by Gasteiger charge is -2.08. The van der Waals surface area contributed by atoms with Crippen molar-refractivity contribution in [1.29, 1.82) is 0 Å². The van der Waals surface area contributed by atoms with Crippen LogP contribution in [0.25, 0.3) is 0 Å². The summed E-state index contributed by atoms with van der Waals surface area (Å²) in [6, 6.07) is 12.6. The molecule has 0 atom stereocenters. The van der Waals surface area contributed by atoms with Gasteiger partial charge in [0.05, 0.1) is 0 Å². The molecule has 0 aliphatic rings. The van der Waals surface area contributed by atoms with Gasteiger partial charge in [0.2, 0.25) is 0 Å². The largest absolute Gasteiger partial charge is 0.489 e. The van der Waals surface area contributed by atoms with Gasteiger partial charge < -0.3 is 10.1 Å². The molecule has 2 rings (SSSR count). The summed E-state index contributed by atoms with van der Waals surface area (Å²) in [4.78, 5) is 0. The minimum Gasteiger partial charge on any atom is -0.489 e. The molecule has 0 fully saturated rings. The van der Waals surface area contributed by atoms with E-state index in [9.17, 15) is 4.39 Å². The maximum atomic E-state index is 13.2. The van der Waals surface area contributed by atoms with Crippen LogP contribution >= 0.6 is 15.9 Å². The number of benzene rings is 2. The van der Waals surface area contributed by atoms with Crippen LogP contribution in [-0.2, 0) is 13.2 Å². The molecular formula is C15H15BrFNO. The third kappa shape index (κ3) is 4.33. The minimum atomic E-state index is -0.312. The molecule has 2 nitrogen and oxygen atoms in total. The second kappa shape index (κ2) is 6.68. The van der Waals surface area contributed by atoms with E-state index in [1.54, 1.807) is 6.07 Å². The Morgan fingerprint density at radius 2 is 1.95 bits per heavy atom. The van der Waals surface area contributed by atoms with E-state index < -0.39 is 0 Å². The van der Waals surface area contributed by atoms with Crippen molar-refractivity contribution in [2.75, 3.05) is 7.05 Å². The van der Waals surface area contributed by atoms with Gasteiger partial charge in [0, 0.05) is 17.1 Å². The molecule has 0 heterocycles. The van der Waals surface area contributed by atoms with Gasteiger partial charge in [0.25, 0.3) is 0 Å². The molecule has 0 aromatic heterocycles. The van der Waals surface area contributed by atoms with E-state index in [4.69, 9.17) is 4.74 Å². The van der Waals surface area contributed by atoms with Crippen molar-refractivity contribution < 1.29 is 9.13 Å². The highest BCUT2D eigenvalue weighted by Gasteiger charge is 2.01. The van der Waals surface area contributed by atoms with Gasteiger partial charge in [-0.15, -0.1) is 0 Å². The molecule has 2 aromatic carbocycles. The summed E-state index contributed by atoms with van der Waals surface area (Å²) in [5, 5.41) is 3.10. The fourth-order valence-corrected chi connectivity index (χ4v) is 2.26. The molecular weight excluding hydrogens is 309 g/mol. The molecule has 1 N–H and O–H groups in total. The van der Waals surface area contributed by atoms with E-state index in [1.807, 2.05) is 19.2 Å². The highest BCUT2D eigenvalue weighted by molar-refractivity contribution is 9.10. The summed E-state index contributed by atoms with van der Waals surface area (Å²) >= 11 is 3.24. The van der Waals surface area contributed by atoms with Gasteiger partial charge in [-0.1, -0.05) is 40.2 Å². The van der Waals surface area contributed by atoms with E-state index in [0.717, 1.165) is 12.1 Å². The molecule has 0 amide bonds. The van der Waals surface area contributed by atoms with Crippen molar-refractivity contribution in [2.45, 2.75) is 13.2 Å². The third-order valence-electron chi connectivity index (χ3n) is 2.61. The van der Waals surface area contributed by atoms with Gasteiger partial charge in [-0.05, 0) is 30.3 Å². The number of hydrogen-bond donors (Lipinski definition) is 1. The first-order valence-electron chi connectivity index (χ1n) is 5.98. The van der Waals surface area contributed by atoms with Crippen LogP contribution in [0.15, 0.2) is 46.9 Å². The predicted octanol–water partition coefficient (Wildman–Crippen LogP) is 3.89. The Balaban J connectivity index is 2.03. The first-order valence-corrected chi connectivity index (χ1v) is 6.78. The molecule has 100 valence electrons. The van der Waals surface area contributed by atoms with Gasteiger partial charge in [-0.3, -0.25) is 0 Å².